The lowest BCUT2D eigenvalue weighted by atomic mass is 9.89. The van der Waals surface area contributed by atoms with Crippen molar-refractivity contribution in [1.82, 2.24) is 0 Å². The largest absolute Gasteiger partial charge is 0.324 e. The van der Waals surface area contributed by atoms with Crippen LogP contribution in [-0.4, -0.2) is 0 Å². The van der Waals surface area contributed by atoms with E-state index in [1.165, 1.54) is 41.3 Å². The van der Waals surface area contributed by atoms with Crippen LogP contribution in [0.3, 0.4) is 0 Å². The highest BCUT2D eigenvalue weighted by Gasteiger charge is 2.16. The van der Waals surface area contributed by atoms with Crippen LogP contribution < -0.4 is 5.73 Å². The van der Waals surface area contributed by atoms with Gasteiger partial charge in [0.1, 0.15) is 0 Å². The zero-order valence-electron chi connectivity index (χ0n) is 12.1. The van der Waals surface area contributed by atoms with Gasteiger partial charge in [0.05, 0.1) is 0 Å². The molecule has 0 radical (unpaired) electrons. The Morgan fingerprint density at radius 3 is 2.74 bits per heavy atom. The summed E-state index contributed by atoms with van der Waals surface area (Å²) in [6.07, 6.45) is 6.30. The monoisotopic (exact) mass is 275 g/mol. The van der Waals surface area contributed by atoms with Crippen LogP contribution in [0.5, 0.6) is 0 Å². The van der Waals surface area contributed by atoms with E-state index in [1.807, 2.05) is 11.3 Å². The molecule has 0 bridgehead atoms. The van der Waals surface area contributed by atoms with Crippen LogP contribution in [0.4, 0.5) is 0 Å². The van der Waals surface area contributed by atoms with Gasteiger partial charge in [-0.25, -0.2) is 0 Å². The molecule has 2 atom stereocenters. The molecule has 0 amide bonds. The Labute approximate surface area is 120 Å². The summed E-state index contributed by atoms with van der Waals surface area (Å²) in [6, 6.07) is 8.79. The molecule has 0 aliphatic heterocycles. The zero-order valence-corrected chi connectivity index (χ0v) is 12.9. The summed E-state index contributed by atoms with van der Waals surface area (Å²) < 4.78 is 1.36. The maximum Gasteiger partial charge on any atom is 0.0346 e. The van der Waals surface area contributed by atoms with Crippen molar-refractivity contribution in [3.63, 3.8) is 0 Å². The number of hydrogen-bond donors (Lipinski definition) is 1. The molecule has 0 saturated heterocycles. The summed E-state index contributed by atoms with van der Waals surface area (Å²) in [5, 5.41) is 3.60. The molecule has 0 saturated carbocycles. The molecular formula is C17H25NS. The Kier molecular flexibility index (Phi) is 5.41. The van der Waals surface area contributed by atoms with Gasteiger partial charge in [0.25, 0.3) is 0 Å². The summed E-state index contributed by atoms with van der Waals surface area (Å²) in [5.41, 5.74) is 7.80. The van der Waals surface area contributed by atoms with Gasteiger partial charge in [-0.05, 0) is 34.7 Å². The van der Waals surface area contributed by atoms with Gasteiger partial charge in [-0.1, -0.05) is 57.7 Å². The SMILES string of the molecule is CCCCC(CC)CC(N)c1csc2ccccc12. The normalized spacial score (nSPS) is 14.7. The van der Waals surface area contributed by atoms with Crippen molar-refractivity contribution < 1.29 is 0 Å². The molecule has 0 spiro atoms. The Bertz CT molecular complexity index is 503. The summed E-state index contributed by atoms with van der Waals surface area (Å²) >= 11 is 1.81. The molecule has 1 aromatic carbocycles. The second-order valence-corrected chi connectivity index (χ2v) is 6.36. The van der Waals surface area contributed by atoms with E-state index >= 15 is 0 Å². The van der Waals surface area contributed by atoms with Gasteiger partial charge in [0, 0.05) is 10.7 Å². The molecule has 2 unspecified atom stereocenters. The zero-order chi connectivity index (χ0) is 13.7. The van der Waals surface area contributed by atoms with Gasteiger partial charge in [-0.3, -0.25) is 0 Å². The molecule has 2 rings (SSSR count). The molecule has 19 heavy (non-hydrogen) atoms. The molecule has 1 heterocycles. The molecule has 0 fully saturated rings. The van der Waals surface area contributed by atoms with Gasteiger partial charge in [-0.2, -0.15) is 0 Å². The highest BCUT2D eigenvalue weighted by atomic mass is 32.1. The number of fused-ring (bicyclic) bond motifs is 1. The fraction of sp³-hybridized carbons (Fsp3) is 0.529. The third kappa shape index (κ3) is 3.58. The van der Waals surface area contributed by atoms with Crippen LogP contribution in [-0.2, 0) is 0 Å². The second-order valence-electron chi connectivity index (χ2n) is 5.45. The first-order chi connectivity index (χ1) is 9.26. The quantitative estimate of drug-likeness (QED) is 0.708. The number of nitrogens with two attached hydrogens (primary N) is 1. The molecule has 1 nitrogen and oxygen atoms in total. The van der Waals surface area contributed by atoms with Crippen LogP contribution in [0.2, 0.25) is 0 Å². The molecule has 2 N–H and O–H groups in total. The molecule has 0 aliphatic rings. The van der Waals surface area contributed by atoms with Crippen LogP contribution in [0.15, 0.2) is 29.6 Å². The standard InChI is InChI=1S/C17H25NS/c1-3-5-8-13(4-2)11-16(18)15-12-19-17-10-7-6-9-14(15)17/h6-7,9-10,12-13,16H,3-5,8,11,18H2,1-2H3. The molecule has 2 heteroatoms. The minimum atomic E-state index is 0.193. The highest BCUT2D eigenvalue weighted by molar-refractivity contribution is 7.17. The maximum absolute atomic E-state index is 6.46. The topological polar surface area (TPSA) is 26.0 Å². The predicted molar refractivity (Wildman–Crippen MR) is 86.7 cm³/mol. The van der Waals surface area contributed by atoms with E-state index in [0.717, 1.165) is 12.3 Å². The maximum atomic E-state index is 6.46. The first-order valence-corrected chi connectivity index (χ1v) is 8.35. The molecule has 0 aliphatic carbocycles. The molecule has 104 valence electrons. The van der Waals surface area contributed by atoms with Crippen molar-refractivity contribution in [2.45, 2.75) is 52.0 Å². The second kappa shape index (κ2) is 7.06. The summed E-state index contributed by atoms with van der Waals surface area (Å²) in [4.78, 5) is 0. The van der Waals surface area contributed by atoms with Crippen LogP contribution in [0, 0.1) is 5.92 Å². The van der Waals surface area contributed by atoms with E-state index in [-0.39, 0.29) is 6.04 Å². The molecule has 2 aromatic rings. The number of unbranched alkanes of at least 4 members (excludes halogenated alkanes) is 1. The van der Waals surface area contributed by atoms with E-state index in [1.54, 1.807) is 0 Å². The van der Waals surface area contributed by atoms with E-state index in [2.05, 4.69) is 43.5 Å². The van der Waals surface area contributed by atoms with Gasteiger partial charge < -0.3 is 5.73 Å². The van der Waals surface area contributed by atoms with Crippen molar-refractivity contribution in [2.75, 3.05) is 0 Å². The van der Waals surface area contributed by atoms with Crippen LogP contribution in [0.1, 0.15) is 57.6 Å². The lowest BCUT2D eigenvalue weighted by Crippen LogP contribution is -2.15. The van der Waals surface area contributed by atoms with Crippen molar-refractivity contribution in [2.24, 2.45) is 11.7 Å². The van der Waals surface area contributed by atoms with E-state index < -0.39 is 0 Å². The first kappa shape index (κ1) is 14.5. The minimum absolute atomic E-state index is 0.193. The van der Waals surface area contributed by atoms with Gasteiger partial charge in [-0.15, -0.1) is 11.3 Å². The van der Waals surface area contributed by atoms with E-state index in [9.17, 15) is 0 Å². The average Bonchev–Trinajstić information content (AvgIpc) is 2.87. The van der Waals surface area contributed by atoms with Crippen LogP contribution >= 0.6 is 11.3 Å². The smallest absolute Gasteiger partial charge is 0.0346 e. The third-order valence-electron chi connectivity index (χ3n) is 4.04. The summed E-state index contributed by atoms with van der Waals surface area (Å²) in [7, 11) is 0. The lowest BCUT2D eigenvalue weighted by Gasteiger charge is -2.19. The van der Waals surface area contributed by atoms with Crippen LogP contribution in [0.25, 0.3) is 10.1 Å². The first-order valence-electron chi connectivity index (χ1n) is 7.48. The van der Waals surface area contributed by atoms with Gasteiger partial charge >= 0.3 is 0 Å². The Hall–Kier alpha value is -0.860. The van der Waals surface area contributed by atoms with E-state index in [0.29, 0.717) is 0 Å². The molecule has 1 aromatic heterocycles. The van der Waals surface area contributed by atoms with Gasteiger partial charge in [0.15, 0.2) is 0 Å². The number of rotatable bonds is 7. The Morgan fingerprint density at radius 2 is 2.00 bits per heavy atom. The number of thiophene rings is 1. The number of hydrogen-bond acceptors (Lipinski definition) is 2. The van der Waals surface area contributed by atoms with Gasteiger partial charge in [0.2, 0.25) is 0 Å². The Morgan fingerprint density at radius 1 is 1.21 bits per heavy atom. The predicted octanol–water partition coefficient (Wildman–Crippen LogP) is 5.51. The van der Waals surface area contributed by atoms with Crippen molar-refractivity contribution in [3.05, 3.63) is 35.2 Å². The highest BCUT2D eigenvalue weighted by Crippen LogP contribution is 2.33. The number of benzene rings is 1. The average molecular weight is 275 g/mol. The van der Waals surface area contributed by atoms with Crippen molar-refractivity contribution in [3.8, 4) is 0 Å². The summed E-state index contributed by atoms with van der Waals surface area (Å²) in [5.74, 6) is 0.772. The fourth-order valence-electron chi connectivity index (χ4n) is 2.75. The lowest BCUT2D eigenvalue weighted by molar-refractivity contribution is 0.389. The van der Waals surface area contributed by atoms with Crippen molar-refractivity contribution in [1.29, 1.82) is 0 Å². The third-order valence-corrected chi connectivity index (χ3v) is 5.02. The summed E-state index contributed by atoms with van der Waals surface area (Å²) in [6.45, 7) is 4.55. The fourth-order valence-corrected chi connectivity index (χ4v) is 3.78. The molecular weight excluding hydrogens is 250 g/mol. The van der Waals surface area contributed by atoms with Crippen molar-refractivity contribution >= 4 is 21.4 Å². The minimum Gasteiger partial charge on any atom is -0.324 e. The Balaban J connectivity index is 2.08. The van der Waals surface area contributed by atoms with E-state index in [4.69, 9.17) is 5.73 Å².